The van der Waals surface area contributed by atoms with Gasteiger partial charge in [-0.3, -0.25) is 19.3 Å². The Morgan fingerprint density at radius 1 is 0.917 bits per heavy atom. The monoisotopic (exact) mass is 485 g/mol. The standard InChI is InChI=1S/C28H27N3O5/c1-28(2)27(35)30-21-15-9-10-16-23(21)31(28)24(32)18-36-26(34)22(17-19-11-5-3-6-12-19)29-25(33)20-13-7-4-8-14-20/h3-16,22H,17-18H2,1-2H3,(H,29,33)(H,30,35)/t22-/m0/s1. The van der Waals surface area contributed by atoms with Gasteiger partial charge in [0, 0.05) is 12.0 Å². The highest BCUT2D eigenvalue weighted by atomic mass is 16.5. The molecule has 0 saturated carbocycles. The number of carbonyl (C=O) groups is 4. The lowest BCUT2D eigenvalue weighted by atomic mass is 9.96. The number of amides is 3. The number of anilines is 2. The molecule has 0 radical (unpaired) electrons. The summed E-state index contributed by atoms with van der Waals surface area (Å²) in [5.74, 6) is -2.08. The summed E-state index contributed by atoms with van der Waals surface area (Å²) in [4.78, 5) is 53.0. The van der Waals surface area contributed by atoms with Crippen LogP contribution in [0.2, 0.25) is 0 Å². The van der Waals surface area contributed by atoms with Crippen molar-refractivity contribution in [3.8, 4) is 0 Å². The number of esters is 1. The number of rotatable bonds is 7. The lowest BCUT2D eigenvalue weighted by Gasteiger charge is -2.41. The molecule has 0 unspecified atom stereocenters. The first-order chi connectivity index (χ1) is 17.3. The number of fused-ring (bicyclic) bond motifs is 1. The summed E-state index contributed by atoms with van der Waals surface area (Å²) < 4.78 is 5.40. The summed E-state index contributed by atoms with van der Waals surface area (Å²) in [7, 11) is 0. The highest BCUT2D eigenvalue weighted by Gasteiger charge is 2.43. The zero-order chi connectivity index (χ0) is 25.7. The van der Waals surface area contributed by atoms with Crippen molar-refractivity contribution in [3.63, 3.8) is 0 Å². The van der Waals surface area contributed by atoms with Crippen molar-refractivity contribution in [2.45, 2.75) is 31.8 Å². The second kappa shape index (κ2) is 10.4. The molecule has 2 N–H and O–H groups in total. The first kappa shape index (κ1) is 24.7. The minimum Gasteiger partial charge on any atom is -0.454 e. The Morgan fingerprint density at radius 3 is 2.22 bits per heavy atom. The molecule has 3 aromatic rings. The van der Waals surface area contributed by atoms with Gasteiger partial charge in [-0.25, -0.2) is 4.79 Å². The van der Waals surface area contributed by atoms with E-state index in [1.165, 1.54) is 4.90 Å². The summed E-state index contributed by atoms with van der Waals surface area (Å²) in [6.07, 6.45) is 0.187. The van der Waals surface area contributed by atoms with E-state index in [0.29, 0.717) is 16.9 Å². The number of hydrogen-bond acceptors (Lipinski definition) is 5. The maximum absolute atomic E-state index is 13.2. The van der Waals surface area contributed by atoms with Crippen molar-refractivity contribution in [1.82, 2.24) is 5.32 Å². The smallest absolute Gasteiger partial charge is 0.329 e. The van der Waals surface area contributed by atoms with Gasteiger partial charge in [-0.1, -0.05) is 60.7 Å². The lowest BCUT2D eigenvalue weighted by Crippen LogP contribution is -2.59. The summed E-state index contributed by atoms with van der Waals surface area (Å²) >= 11 is 0. The molecule has 8 heteroatoms. The van der Waals surface area contributed by atoms with Crippen LogP contribution in [0.5, 0.6) is 0 Å². The number of benzene rings is 3. The highest BCUT2D eigenvalue weighted by Crippen LogP contribution is 2.36. The Kier molecular flexibility index (Phi) is 7.15. The van der Waals surface area contributed by atoms with Gasteiger partial charge in [-0.15, -0.1) is 0 Å². The number of para-hydroxylation sites is 2. The third-order valence-corrected chi connectivity index (χ3v) is 6.00. The van der Waals surface area contributed by atoms with Gasteiger partial charge in [-0.2, -0.15) is 0 Å². The first-order valence-electron chi connectivity index (χ1n) is 11.6. The summed E-state index contributed by atoms with van der Waals surface area (Å²) in [5.41, 5.74) is 1.04. The van der Waals surface area contributed by atoms with Crippen LogP contribution in [0.3, 0.4) is 0 Å². The highest BCUT2D eigenvalue weighted by molar-refractivity contribution is 6.14. The molecule has 1 atom stereocenters. The van der Waals surface area contributed by atoms with E-state index >= 15 is 0 Å². The van der Waals surface area contributed by atoms with Crippen LogP contribution in [0.15, 0.2) is 84.9 Å². The molecular weight excluding hydrogens is 458 g/mol. The molecule has 0 aromatic heterocycles. The van der Waals surface area contributed by atoms with Crippen molar-refractivity contribution >= 4 is 35.1 Å². The first-order valence-corrected chi connectivity index (χ1v) is 11.6. The average molecular weight is 486 g/mol. The fourth-order valence-corrected chi connectivity index (χ4v) is 4.07. The van der Waals surface area contributed by atoms with Gasteiger partial charge < -0.3 is 15.4 Å². The molecule has 3 amide bonds. The van der Waals surface area contributed by atoms with E-state index in [1.54, 1.807) is 68.4 Å². The Bertz CT molecular complexity index is 1270. The van der Waals surface area contributed by atoms with Crippen molar-refractivity contribution in [2.24, 2.45) is 0 Å². The SMILES string of the molecule is CC1(C)C(=O)Nc2ccccc2N1C(=O)COC(=O)[C@H](Cc1ccccc1)NC(=O)c1ccccc1. The second-order valence-electron chi connectivity index (χ2n) is 8.95. The molecule has 1 aliphatic rings. The van der Waals surface area contributed by atoms with Crippen molar-refractivity contribution in [1.29, 1.82) is 0 Å². The Balaban J connectivity index is 1.50. The van der Waals surface area contributed by atoms with Crippen LogP contribution in [-0.2, 0) is 25.5 Å². The molecule has 0 saturated heterocycles. The number of nitrogens with zero attached hydrogens (tertiary/aromatic N) is 1. The molecule has 0 bridgehead atoms. The molecule has 0 spiro atoms. The molecule has 1 heterocycles. The van der Waals surface area contributed by atoms with Crippen molar-refractivity contribution in [2.75, 3.05) is 16.8 Å². The van der Waals surface area contributed by atoms with E-state index in [9.17, 15) is 19.2 Å². The topological polar surface area (TPSA) is 105 Å². The van der Waals surface area contributed by atoms with E-state index in [4.69, 9.17) is 4.74 Å². The molecule has 3 aromatic carbocycles. The van der Waals surface area contributed by atoms with E-state index in [1.807, 2.05) is 30.3 Å². The third-order valence-electron chi connectivity index (χ3n) is 6.00. The Morgan fingerprint density at radius 2 is 1.53 bits per heavy atom. The van der Waals surface area contributed by atoms with Crippen LogP contribution in [-0.4, -0.2) is 41.9 Å². The van der Waals surface area contributed by atoms with Crippen LogP contribution in [0.4, 0.5) is 11.4 Å². The maximum Gasteiger partial charge on any atom is 0.329 e. The Labute approximate surface area is 209 Å². The minimum atomic E-state index is -1.19. The van der Waals surface area contributed by atoms with Crippen molar-refractivity contribution in [3.05, 3.63) is 96.1 Å². The van der Waals surface area contributed by atoms with Gasteiger partial charge in [0.15, 0.2) is 6.61 Å². The average Bonchev–Trinajstić information content (AvgIpc) is 2.88. The number of carbonyl (C=O) groups excluding carboxylic acids is 4. The normalized spacial score (nSPS) is 14.7. The Hall–Kier alpha value is -4.46. The zero-order valence-corrected chi connectivity index (χ0v) is 20.1. The maximum atomic E-state index is 13.2. The van der Waals surface area contributed by atoms with Gasteiger partial charge in [0.1, 0.15) is 11.6 Å². The van der Waals surface area contributed by atoms with Crippen LogP contribution in [0, 0.1) is 0 Å². The van der Waals surface area contributed by atoms with Crippen LogP contribution >= 0.6 is 0 Å². The van der Waals surface area contributed by atoms with Gasteiger partial charge in [0.05, 0.1) is 11.4 Å². The van der Waals surface area contributed by atoms with Crippen LogP contribution in [0.25, 0.3) is 0 Å². The predicted molar refractivity (Wildman–Crippen MR) is 135 cm³/mol. The summed E-state index contributed by atoms with van der Waals surface area (Å²) in [5, 5.41) is 5.52. The van der Waals surface area contributed by atoms with Crippen molar-refractivity contribution < 1.29 is 23.9 Å². The summed E-state index contributed by atoms with van der Waals surface area (Å²) in [6.45, 7) is 2.66. The fraction of sp³-hybridized carbons (Fsp3) is 0.214. The van der Waals surface area contributed by atoms with Crippen LogP contribution in [0.1, 0.15) is 29.8 Å². The lowest BCUT2D eigenvalue weighted by molar-refractivity contribution is -0.150. The molecule has 36 heavy (non-hydrogen) atoms. The minimum absolute atomic E-state index is 0.187. The molecule has 184 valence electrons. The molecule has 0 aliphatic carbocycles. The van der Waals surface area contributed by atoms with Gasteiger partial charge in [-0.05, 0) is 43.7 Å². The number of nitrogens with one attached hydrogen (secondary N) is 2. The fourth-order valence-electron chi connectivity index (χ4n) is 4.07. The van der Waals surface area contributed by atoms with Gasteiger partial charge >= 0.3 is 5.97 Å². The summed E-state index contributed by atoms with van der Waals surface area (Å²) in [6, 6.07) is 23.6. The molecule has 1 aliphatic heterocycles. The molecule has 8 nitrogen and oxygen atoms in total. The third kappa shape index (κ3) is 5.27. The number of ether oxygens (including phenoxy) is 1. The number of hydrogen-bond donors (Lipinski definition) is 2. The second-order valence-corrected chi connectivity index (χ2v) is 8.95. The van der Waals surface area contributed by atoms with E-state index in [2.05, 4.69) is 10.6 Å². The zero-order valence-electron chi connectivity index (χ0n) is 20.1. The van der Waals surface area contributed by atoms with Crippen LogP contribution < -0.4 is 15.5 Å². The molecule has 4 rings (SSSR count). The van der Waals surface area contributed by atoms with E-state index < -0.39 is 36.0 Å². The molecule has 0 fully saturated rings. The van der Waals surface area contributed by atoms with Gasteiger partial charge in [0.25, 0.3) is 11.8 Å². The largest absolute Gasteiger partial charge is 0.454 e. The predicted octanol–water partition coefficient (Wildman–Crippen LogP) is 3.33. The molecular formula is C28H27N3O5. The van der Waals surface area contributed by atoms with Gasteiger partial charge in [0.2, 0.25) is 5.91 Å². The quantitative estimate of drug-likeness (QED) is 0.500. The van der Waals surface area contributed by atoms with E-state index in [0.717, 1.165) is 5.56 Å². The van der Waals surface area contributed by atoms with E-state index in [-0.39, 0.29) is 12.3 Å².